The Morgan fingerprint density at radius 2 is 1.90 bits per heavy atom. The van der Waals surface area contributed by atoms with E-state index in [4.69, 9.17) is 15.2 Å². The predicted molar refractivity (Wildman–Crippen MR) is 78.4 cm³/mol. The summed E-state index contributed by atoms with van der Waals surface area (Å²) in [5.41, 5.74) is 7.26. The number of hydrogen-bond acceptors (Lipinski definition) is 4. The van der Waals surface area contributed by atoms with E-state index < -0.39 is 0 Å². The zero-order valence-corrected chi connectivity index (χ0v) is 11.3. The molecular weight excluding hydrogens is 256 g/mol. The first kappa shape index (κ1) is 13.7. The summed E-state index contributed by atoms with van der Waals surface area (Å²) in [5.74, 6) is 0.936. The summed E-state index contributed by atoms with van der Waals surface area (Å²) in [4.78, 5) is 12.1. The number of carbonyl (C=O) groups excluding carboxylic acids is 1. The van der Waals surface area contributed by atoms with Gasteiger partial charge in [0.05, 0.1) is 19.9 Å². The number of nitrogens with one attached hydrogen (secondary N) is 1. The number of rotatable bonds is 4. The molecule has 0 saturated heterocycles. The fourth-order valence-corrected chi connectivity index (χ4v) is 1.78. The standard InChI is InChI=1S/C15H16N2O3/c1-19-12-6-7-13(14(9-12)20-2)17-15(18)10-4-3-5-11(16)8-10/h3-9H,16H2,1-2H3,(H,17,18). The van der Waals surface area contributed by atoms with E-state index in [9.17, 15) is 4.79 Å². The first-order chi connectivity index (χ1) is 9.63. The van der Waals surface area contributed by atoms with E-state index >= 15 is 0 Å². The minimum absolute atomic E-state index is 0.249. The van der Waals surface area contributed by atoms with Crippen molar-refractivity contribution in [2.45, 2.75) is 0 Å². The van der Waals surface area contributed by atoms with Gasteiger partial charge in [-0.2, -0.15) is 0 Å². The summed E-state index contributed by atoms with van der Waals surface area (Å²) in [5, 5.41) is 2.78. The molecular formula is C15H16N2O3. The molecule has 0 atom stereocenters. The Kier molecular flexibility index (Phi) is 4.10. The normalized spacial score (nSPS) is 9.90. The van der Waals surface area contributed by atoms with Gasteiger partial charge >= 0.3 is 0 Å². The summed E-state index contributed by atoms with van der Waals surface area (Å²) in [6.07, 6.45) is 0. The van der Waals surface area contributed by atoms with Gasteiger partial charge in [0.25, 0.3) is 5.91 Å². The molecule has 3 N–H and O–H groups in total. The van der Waals surface area contributed by atoms with Gasteiger partial charge in [-0.3, -0.25) is 4.79 Å². The third-order valence-electron chi connectivity index (χ3n) is 2.81. The van der Waals surface area contributed by atoms with Crippen LogP contribution in [0, 0.1) is 0 Å². The molecule has 0 radical (unpaired) electrons. The van der Waals surface area contributed by atoms with Crippen molar-refractivity contribution in [3.63, 3.8) is 0 Å². The Labute approximate surface area is 117 Å². The van der Waals surface area contributed by atoms with Crippen molar-refractivity contribution in [3.05, 3.63) is 48.0 Å². The fourth-order valence-electron chi connectivity index (χ4n) is 1.78. The summed E-state index contributed by atoms with van der Waals surface area (Å²) in [6, 6.07) is 11.9. The van der Waals surface area contributed by atoms with Gasteiger partial charge in [0.2, 0.25) is 0 Å². The highest BCUT2D eigenvalue weighted by Gasteiger charge is 2.10. The number of amides is 1. The summed E-state index contributed by atoms with van der Waals surface area (Å²) < 4.78 is 10.3. The highest BCUT2D eigenvalue weighted by atomic mass is 16.5. The minimum atomic E-state index is -0.249. The molecule has 5 nitrogen and oxygen atoms in total. The molecule has 0 aliphatic heterocycles. The monoisotopic (exact) mass is 272 g/mol. The van der Waals surface area contributed by atoms with Crippen molar-refractivity contribution >= 4 is 17.3 Å². The quantitative estimate of drug-likeness (QED) is 0.839. The van der Waals surface area contributed by atoms with Crippen LogP contribution in [0.3, 0.4) is 0 Å². The Balaban J connectivity index is 2.23. The van der Waals surface area contributed by atoms with E-state index in [1.54, 1.807) is 49.6 Å². The van der Waals surface area contributed by atoms with Gasteiger partial charge in [0.15, 0.2) is 0 Å². The lowest BCUT2D eigenvalue weighted by atomic mass is 10.2. The average molecular weight is 272 g/mol. The third-order valence-corrected chi connectivity index (χ3v) is 2.81. The van der Waals surface area contributed by atoms with E-state index in [1.165, 1.54) is 7.11 Å². The molecule has 2 aromatic carbocycles. The van der Waals surface area contributed by atoms with Crippen molar-refractivity contribution in [2.75, 3.05) is 25.3 Å². The van der Waals surface area contributed by atoms with Gasteiger partial charge in [-0.25, -0.2) is 0 Å². The topological polar surface area (TPSA) is 73.6 Å². The zero-order chi connectivity index (χ0) is 14.5. The summed E-state index contributed by atoms with van der Waals surface area (Å²) in [7, 11) is 3.10. The molecule has 0 aromatic heterocycles. The average Bonchev–Trinajstić information content (AvgIpc) is 2.47. The molecule has 0 heterocycles. The molecule has 20 heavy (non-hydrogen) atoms. The highest BCUT2D eigenvalue weighted by molar-refractivity contribution is 6.05. The van der Waals surface area contributed by atoms with Crippen LogP contribution < -0.4 is 20.5 Å². The summed E-state index contributed by atoms with van der Waals surface area (Å²) in [6.45, 7) is 0. The van der Waals surface area contributed by atoms with Gasteiger partial charge in [-0.05, 0) is 30.3 Å². The van der Waals surface area contributed by atoms with Crippen LogP contribution in [0.25, 0.3) is 0 Å². The van der Waals surface area contributed by atoms with Crippen LogP contribution >= 0.6 is 0 Å². The predicted octanol–water partition coefficient (Wildman–Crippen LogP) is 2.54. The Hall–Kier alpha value is -2.69. The number of carbonyl (C=O) groups is 1. The maximum Gasteiger partial charge on any atom is 0.255 e. The Morgan fingerprint density at radius 1 is 1.10 bits per heavy atom. The molecule has 0 unspecified atom stereocenters. The number of benzene rings is 2. The molecule has 0 aliphatic rings. The second-order valence-corrected chi connectivity index (χ2v) is 4.15. The molecule has 2 aromatic rings. The molecule has 0 fully saturated rings. The molecule has 0 bridgehead atoms. The molecule has 1 amide bonds. The highest BCUT2D eigenvalue weighted by Crippen LogP contribution is 2.29. The molecule has 0 aliphatic carbocycles. The third kappa shape index (κ3) is 3.00. The number of ether oxygens (including phenoxy) is 2. The maximum absolute atomic E-state index is 12.1. The lowest BCUT2D eigenvalue weighted by molar-refractivity contribution is 0.102. The largest absolute Gasteiger partial charge is 0.497 e. The molecule has 2 rings (SSSR count). The van der Waals surface area contributed by atoms with E-state index in [0.717, 1.165) is 0 Å². The van der Waals surface area contributed by atoms with E-state index in [1.807, 2.05) is 0 Å². The molecule has 0 spiro atoms. The van der Waals surface area contributed by atoms with Gasteiger partial charge < -0.3 is 20.5 Å². The van der Waals surface area contributed by atoms with E-state index in [-0.39, 0.29) is 5.91 Å². The van der Waals surface area contributed by atoms with Crippen molar-refractivity contribution in [2.24, 2.45) is 0 Å². The number of nitrogens with two attached hydrogens (primary N) is 1. The Morgan fingerprint density at radius 3 is 2.55 bits per heavy atom. The number of anilines is 2. The van der Waals surface area contributed by atoms with Crippen LogP contribution in [0.4, 0.5) is 11.4 Å². The Bertz CT molecular complexity index is 626. The first-order valence-electron chi connectivity index (χ1n) is 6.03. The van der Waals surface area contributed by atoms with Gasteiger partial charge in [0, 0.05) is 17.3 Å². The van der Waals surface area contributed by atoms with Crippen molar-refractivity contribution in [1.29, 1.82) is 0 Å². The van der Waals surface area contributed by atoms with Crippen LogP contribution in [0.15, 0.2) is 42.5 Å². The van der Waals surface area contributed by atoms with Crippen LogP contribution in [-0.4, -0.2) is 20.1 Å². The van der Waals surface area contributed by atoms with Crippen LogP contribution in [0.1, 0.15) is 10.4 Å². The van der Waals surface area contributed by atoms with Crippen molar-refractivity contribution in [3.8, 4) is 11.5 Å². The zero-order valence-electron chi connectivity index (χ0n) is 11.3. The van der Waals surface area contributed by atoms with Gasteiger partial charge in [0.1, 0.15) is 11.5 Å². The van der Waals surface area contributed by atoms with Gasteiger partial charge in [-0.15, -0.1) is 0 Å². The molecule has 5 heteroatoms. The van der Waals surface area contributed by atoms with Crippen molar-refractivity contribution in [1.82, 2.24) is 0 Å². The number of nitrogen functional groups attached to an aromatic ring is 1. The van der Waals surface area contributed by atoms with E-state index in [0.29, 0.717) is 28.4 Å². The van der Waals surface area contributed by atoms with Crippen LogP contribution in [0.2, 0.25) is 0 Å². The van der Waals surface area contributed by atoms with Gasteiger partial charge in [-0.1, -0.05) is 6.07 Å². The molecule has 104 valence electrons. The lowest BCUT2D eigenvalue weighted by Gasteiger charge is -2.11. The number of hydrogen-bond donors (Lipinski definition) is 2. The lowest BCUT2D eigenvalue weighted by Crippen LogP contribution is -2.12. The molecule has 0 saturated carbocycles. The minimum Gasteiger partial charge on any atom is -0.497 e. The fraction of sp³-hybridized carbons (Fsp3) is 0.133. The van der Waals surface area contributed by atoms with Crippen molar-refractivity contribution < 1.29 is 14.3 Å². The SMILES string of the molecule is COc1ccc(NC(=O)c2cccc(N)c2)c(OC)c1. The maximum atomic E-state index is 12.1. The van der Waals surface area contributed by atoms with Crippen LogP contribution in [0.5, 0.6) is 11.5 Å². The summed E-state index contributed by atoms with van der Waals surface area (Å²) >= 11 is 0. The van der Waals surface area contributed by atoms with Crippen LogP contribution in [-0.2, 0) is 0 Å². The second-order valence-electron chi connectivity index (χ2n) is 4.15. The van der Waals surface area contributed by atoms with E-state index in [2.05, 4.69) is 5.32 Å². The number of methoxy groups -OCH3 is 2. The second kappa shape index (κ2) is 5.97. The first-order valence-corrected chi connectivity index (χ1v) is 6.03. The smallest absolute Gasteiger partial charge is 0.255 e.